The molecule has 0 amide bonds. The first-order valence-electron chi connectivity index (χ1n) is 6.35. The van der Waals surface area contributed by atoms with Gasteiger partial charge in [-0.2, -0.15) is 0 Å². The largest absolute Gasteiger partial charge is 0.307 e. The molecule has 2 rings (SSSR count). The van der Waals surface area contributed by atoms with Crippen LogP contribution in [0.5, 0.6) is 0 Å². The van der Waals surface area contributed by atoms with Gasteiger partial charge < -0.3 is 5.32 Å². The Labute approximate surface area is 127 Å². The molecule has 0 bridgehead atoms. The van der Waals surface area contributed by atoms with Crippen LogP contribution in [0.25, 0.3) is 0 Å². The highest BCUT2D eigenvalue weighted by Crippen LogP contribution is 2.25. The molecule has 1 aromatic heterocycles. The third-order valence-corrected chi connectivity index (χ3v) is 4.53. The summed E-state index contributed by atoms with van der Waals surface area (Å²) in [7, 11) is 0. The predicted octanol–water partition coefficient (Wildman–Crippen LogP) is 4.49. The van der Waals surface area contributed by atoms with Crippen molar-refractivity contribution in [2.24, 2.45) is 0 Å². The van der Waals surface area contributed by atoms with Crippen molar-refractivity contribution in [1.29, 1.82) is 0 Å². The molecule has 102 valence electrons. The summed E-state index contributed by atoms with van der Waals surface area (Å²) in [6.07, 6.45) is 0. The highest BCUT2D eigenvalue weighted by atomic mass is 79.9. The lowest BCUT2D eigenvalue weighted by molar-refractivity contribution is 0.579. The number of nitrogens with zero attached hydrogens (tertiary/aromatic N) is 1. The smallest absolute Gasteiger partial charge is 0.0982 e. The van der Waals surface area contributed by atoms with Crippen LogP contribution in [0.3, 0.4) is 0 Å². The van der Waals surface area contributed by atoms with Crippen molar-refractivity contribution in [1.82, 2.24) is 10.3 Å². The van der Waals surface area contributed by atoms with E-state index in [4.69, 9.17) is 0 Å². The van der Waals surface area contributed by atoms with E-state index >= 15 is 0 Å². The standard InChI is InChI=1S/C15H19BrN2S/c1-15(2,3)14-18-13(10-19-14)9-17-8-11-5-4-6-12(16)7-11/h4-7,10,17H,8-9H2,1-3H3. The van der Waals surface area contributed by atoms with E-state index in [0.717, 1.165) is 23.3 Å². The fourth-order valence-electron chi connectivity index (χ4n) is 1.71. The van der Waals surface area contributed by atoms with Crippen molar-refractivity contribution in [2.75, 3.05) is 0 Å². The van der Waals surface area contributed by atoms with Gasteiger partial charge in [-0.1, -0.05) is 48.8 Å². The molecule has 1 heterocycles. The molecular weight excluding hydrogens is 320 g/mol. The summed E-state index contributed by atoms with van der Waals surface area (Å²) in [5.74, 6) is 0. The number of thiazole rings is 1. The molecule has 0 fully saturated rings. The summed E-state index contributed by atoms with van der Waals surface area (Å²) in [5.41, 5.74) is 2.55. The maximum absolute atomic E-state index is 4.68. The molecule has 4 heteroatoms. The number of rotatable bonds is 4. The van der Waals surface area contributed by atoms with Gasteiger partial charge in [0.2, 0.25) is 0 Å². The molecule has 0 aliphatic carbocycles. The Kier molecular flexibility index (Phi) is 4.76. The quantitative estimate of drug-likeness (QED) is 0.888. The van der Waals surface area contributed by atoms with Crippen LogP contribution in [0.2, 0.25) is 0 Å². The second-order valence-electron chi connectivity index (χ2n) is 5.63. The van der Waals surface area contributed by atoms with Crippen LogP contribution in [0, 0.1) is 0 Å². The van der Waals surface area contributed by atoms with Crippen LogP contribution < -0.4 is 5.32 Å². The molecule has 1 N–H and O–H groups in total. The Bertz CT molecular complexity index is 543. The van der Waals surface area contributed by atoms with Crippen molar-refractivity contribution in [3.8, 4) is 0 Å². The van der Waals surface area contributed by atoms with Crippen molar-refractivity contribution in [3.05, 3.63) is 50.4 Å². The molecule has 0 saturated carbocycles. The summed E-state index contributed by atoms with van der Waals surface area (Å²) in [6, 6.07) is 8.36. The molecule has 0 aliphatic rings. The van der Waals surface area contributed by atoms with Gasteiger partial charge in [0.25, 0.3) is 0 Å². The van der Waals surface area contributed by atoms with E-state index in [1.54, 1.807) is 11.3 Å². The molecule has 19 heavy (non-hydrogen) atoms. The fraction of sp³-hybridized carbons (Fsp3) is 0.400. The van der Waals surface area contributed by atoms with Gasteiger partial charge in [0, 0.05) is 28.4 Å². The van der Waals surface area contributed by atoms with Gasteiger partial charge in [0.15, 0.2) is 0 Å². The number of hydrogen-bond donors (Lipinski definition) is 1. The predicted molar refractivity (Wildman–Crippen MR) is 85.5 cm³/mol. The maximum atomic E-state index is 4.68. The first kappa shape index (κ1) is 14.7. The fourth-order valence-corrected chi connectivity index (χ4v) is 3.07. The summed E-state index contributed by atoms with van der Waals surface area (Å²) >= 11 is 5.23. The number of benzene rings is 1. The van der Waals surface area contributed by atoms with E-state index in [2.05, 4.69) is 70.6 Å². The Morgan fingerprint density at radius 3 is 2.68 bits per heavy atom. The Morgan fingerprint density at radius 2 is 2.05 bits per heavy atom. The molecule has 0 aliphatic heterocycles. The van der Waals surface area contributed by atoms with Gasteiger partial charge in [-0.05, 0) is 17.7 Å². The SMILES string of the molecule is CC(C)(C)c1nc(CNCc2cccc(Br)c2)cs1. The van der Waals surface area contributed by atoms with Crippen LogP contribution in [0.4, 0.5) is 0 Å². The summed E-state index contributed by atoms with van der Waals surface area (Å²) in [6.45, 7) is 8.28. The lowest BCUT2D eigenvalue weighted by atomic mass is 9.98. The Morgan fingerprint density at radius 1 is 1.26 bits per heavy atom. The number of nitrogens with one attached hydrogen (secondary N) is 1. The Balaban J connectivity index is 1.88. The Hall–Kier alpha value is -0.710. The zero-order valence-corrected chi connectivity index (χ0v) is 13.9. The van der Waals surface area contributed by atoms with E-state index in [1.165, 1.54) is 10.6 Å². The minimum absolute atomic E-state index is 0.146. The molecule has 0 saturated heterocycles. The summed E-state index contributed by atoms with van der Waals surface area (Å²) < 4.78 is 1.12. The molecule has 0 radical (unpaired) electrons. The summed E-state index contributed by atoms with van der Waals surface area (Å²) in [5, 5.41) is 6.78. The van der Waals surface area contributed by atoms with Gasteiger partial charge in [-0.25, -0.2) is 4.98 Å². The van der Waals surface area contributed by atoms with Crippen molar-refractivity contribution >= 4 is 27.3 Å². The van der Waals surface area contributed by atoms with E-state index in [-0.39, 0.29) is 5.41 Å². The van der Waals surface area contributed by atoms with Gasteiger partial charge >= 0.3 is 0 Å². The molecule has 0 unspecified atom stereocenters. The minimum atomic E-state index is 0.146. The highest BCUT2D eigenvalue weighted by Gasteiger charge is 2.17. The van der Waals surface area contributed by atoms with Gasteiger partial charge in [0.1, 0.15) is 0 Å². The van der Waals surface area contributed by atoms with E-state index in [1.807, 2.05) is 6.07 Å². The average molecular weight is 339 g/mol. The minimum Gasteiger partial charge on any atom is -0.307 e. The van der Waals surface area contributed by atoms with Crippen LogP contribution in [-0.4, -0.2) is 4.98 Å². The molecule has 0 spiro atoms. The number of aromatic nitrogens is 1. The third-order valence-electron chi connectivity index (χ3n) is 2.72. The lowest BCUT2D eigenvalue weighted by Gasteiger charge is -2.13. The zero-order chi connectivity index (χ0) is 13.9. The second kappa shape index (κ2) is 6.16. The second-order valence-corrected chi connectivity index (χ2v) is 7.40. The first-order chi connectivity index (χ1) is 8.95. The summed E-state index contributed by atoms with van der Waals surface area (Å²) in [4.78, 5) is 4.68. The van der Waals surface area contributed by atoms with Gasteiger partial charge in [-0.3, -0.25) is 0 Å². The highest BCUT2D eigenvalue weighted by molar-refractivity contribution is 9.10. The number of halogens is 1. The zero-order valence-electron chi connectivity index (χ0n) is 11.5. The van der Waals surface area contributed by atoms with Crippen LogP contribution >= 0.6 is 27.3 Å². The monoisotopic (exact) mass is 338 g/mol. The van der Waals surface area contributed by atoms with Crippen molar-refractivity contribution < 1.29 is 0 Å². The van der Waals surface area contributed by atoms with Crippen LogP contribution in [-0.2, 0) is 18.5 Å². The number of hydrogen-bond acceptors (Lipinski definition) is 3. The molecule has 1 aromatic carbocycles. The third kappa shape index (κ3) is 4.41. The normalized spacial score (nSPS) is 11.8. The molecular formula is C15H19BrN2S. The van der Waals surface area contributed by atoms with Crippen LogP contribution in [0.15, 0.2) is 34.1 Å². The van der Waals surface area contributed by atoms with Gasteiger partial charge in [0.05, 0.1) is 10.7 Å². The lowest BCUT2D eigenvalue weighted by Crippen LogP contribution is -2.14. The maximum Gasteiger partial charge on any atom is 0.0982 e. The average Bonchev–Trinajstić information content (AvgIpc) is 2.77. The molecule has 0 atom stereocenters. The molecule has 2 nitrogen and oxygen atoms in total. The van der Waals surface area contributed by atoms with E-state index in [9.17, 15) is 0 Å². The van der Waals surface area contributed by atoms with Gasteiger partial charge in [-0.15, -0.1) is 11.3 Å². The van der Waals surface area contributed by atoms with Crippen molar-refractivity contribution in [2.45, 2.75) is 39.3 Å². The topological polar surface area (TPSA) is 24.9 Å². The van der Waals surface area contributed by atoms with E-state index < -0.39 is 0 Å². The molecule has 2 aromatic rings. The van der Waals surface area contributed by atoms with E-state index in [0.29, 0.717) is 0 Å². The first-order valence-corrected chi connectivity index (χ1v) is 8.02. The van der Waals surface area contributed by atoms with Crippen molar-refractivity contribution in [3.63, 3.8) is 0 Å². The van der Waals surface area contributed by atoms with Crippen LogP contribution in [0.1, 0.15) is 37.0 Å².